The van der Waals surface area contributed by atoms with E-state index in [1.54, 1.807) is 6.07 Å². The summed E-state index contributed by atoms with van der Waals surface area (Å²) in [5.41, 5.74) is 1.32. The van der Waals surface area contributed by atoms with Gasteiger partial charge in [0.05, 0.1) is 17.8 Å². The molecule has 2 amide bonds. The number of nitrogens with zero attached hydrogens (tertiary/aromatic N) is 7. The summed E-state index contributed by atoms with van der Waals surface area (Å²) in [5.74, 6) is 1.18. The first-order valence-corrected chi connectivity index (χ1v) is 10.1. The van der Waals surface area contributed by atoms with Crippen molar-refractivity contribution in [1.29, 1.82) is 5.26 Å². The van der Waals surface area contributed by atoms with Crippen molar-refractivity contribution in [2.75, 3.05) is 25.5 Å². The summed E-state index contributed by atoms with van der Waals surface area (Å²) in [6.07, 6.45) is 1.52. The van der Waals surface area contributed by atoms with Gasteiger partial charge < -0.3 is 15.1 Å². The molecule has 0 spiro atoms. The number of piperazine rings is 1. The number of aromatic amines is 1. The number of amides is 2. The molecule has 0 saturated carbocycles. The van der Waals surface area contributed by atoms with E-state index in [0.29, 0.717) is 30.8 Å². The first kappa shape index (κ1) is 20.1. The van der Waals surface area contributed by atoms with Gasteiger partial charge in [0.25, 0.3) is 0 Å². The number of nitrogens with one attached hydrogen (secondary N) is 2. The number of anilines is 2. The van der Waals surface area contributed by atoms with Crippen LogP contribution >= 0.6 is 0 Å². The van der Waals surface area contributed by atoms with Crippen LogP contribution in [0.25, 0.3) is 0 Å². The molecule has 0 aliphatic carbocycles. The van der Waals surface area contributed by atoms with Crippen molar-refractivity contribution in [3.05, 3.63) is 29.3 Å². The SMILES string of the molecule is C[C@@H]1CN(C(=O)N2Cc3c(Nc4ccnc(C#N)n4)n[nH]c3C2(C)C)[C@@H](C)CN1C. The second-order valence-corrected chi connectivity index (χ2v) is 8.65. The van der Waals surface area contributed by atoms with Crippen molar-refractivity contribution in [3.63, 3.8) is 0 Å². The highest BCUT2D eigenvalue weighted by atomic mass is 16.2. The quantitative estimate of drug-likeness (QED) is 0.779. The number of nitriles is 1. The van der Waals surface area contributed by atoms with Gasteiger partial charge in [0.1, 0.15) is 11.9 Å². The van der Waals surface area contributed by atoms with Crippen LogP contribution in [0.5, 0.6) is 0 Å². The van der Waals surface area contributed by atoms with Crippen molar-refractivity contribution in [1.82, 2.24) is 34.9 Å². The van der Waals surface area contributed by atoms with Gasteiger partial charge in [0.15, 0.2) is 5.82 Å². The Hall–Kier alpha value is -3.19. The first-order valence-electron chi connectivity index (χ1n) is 10.1. The molecular formula is C20H27N9O. The maximum Gasteiger partial charge on any atom is 0.321 e. The van der Waals surface area contributed by atoms with Gasteiger partial charge in [0, 0.05) is 36.9 Å². The molecule has 2 aromatic heterocycles. The Morgan fingerprint density at radius 1 is 1.33 bits per heavy atom. The zero-order valence-electron chi connectivity index (χ0n) is 18.0. The maximum absolute atomic E-state index is 13.5. The molecule has 10 heteroatoms. The van der Waals surface area contributed by atoms with Crippen LogP contribution in [0.1, 0.15) is 44.8 Å². The van der Waals surface area contributed by atoms with Gasteiger partial charge in [-0.25, -0.2) is 14.8 Å². The van der Waals surface area contributed by atoms with Gasteiger partial charge in [-0.3, -0.25) is 10.00 Å². The Kier molecular flexibility index (Phi) is 4.86. The lowest BCUT2D eigenvalue weighted by Crippen LogP contribution is -2.60. The average molecular weight is 409 g/mol. The molecule has 4 rings (SSSR count). The predicted octanol–water partition coefficient (Wildman–Crippen LogP) is 2.01. The van der Waals surface area contributed by atoms with Gasteiger partial charge in [-0.15, -0.1) is 0 Å². The predicted molar refractivity (Wildman–Crippen MR) is 111 cm³/mol. The largest absolute Gasteiger partial charge is 0.323 e. The molecule has 1 saturated heterocycles. The number of carbonyl (C=O) groups is 1. The highest BCUT2D eigenvalue weighted by Crippen LogP contribution is 2.41. The van der Waals surface area contributed by atoms with Gasteiger partial charge in [-0.05, 0) is 40.8 Å². The van der Waals surface area contributed by atoms with Crippen molar-refractivity contribution in [3.8, 4) is 6.07 Å². The fourth-order valence-corrected chi connectivity index (χ4v) is 4.25. The van der Waals surface area contributed by atoms with E-state index >= 15 is 0 Å². The third-order valence-electron chi connectivity index (χ3n) is 6.25. The second kappa shape index (κ2) is 7.25. The summed E-state index contributed by atoms with van der Waals surface area (Å²) in [5, 5.41) is 19.7. The minimum atomic E-state index is -0.519. The van der Waals surface area contributed by atoms with Crippen LogP contribution in [0.15, 0.2) is 12.3 Å². The minimum absolute atomic E-state index is 0.0387. The van der Waals surface area contributed by atoms with E-state index in [1.807, 2.05) is 29.7 Å². The van der Waals surface area contributed by atoms with Gasteiger partial charge in [-0.2, -0.15) is 10.4 Å². The molecule has 2 atom stereocenters. The number of fused-ring (bicyclic) bond motifs is 1. The number of rotatable bonds is 2. The lowest BCUT2D eigenvalue weighted by atomic mass is 10.0. The van der Waals surface area contributed by atoms with Crippen LogP contribution in [0, 0.1) is 11.3 Å². The van der Waals surface area contributed by atoms with Crippen LogP contribution in [0.3, 0.4) is 0 Å². The topological polar surface area (TPSA) is 117 Å². The molecule has 4 heterocycles. The number of carbonyl (C=O) groups excluding carboxylic acids is 1. The number of aromatic nitrogens is 4. The van der Waals surface area contributed by atoms with Gasteiger partial charge in [-0.1, -0.05) is 0 Å². The number of urea groups is 1. The van der Waals surface area contributed by atoms with Crippen LogP contribution in [-0.2, 0) is 12.1 Å². The van der Waals surface area contributed by atoms with Crippen LogP contribution in [-0.4, -0.2) is 73.1 Å². The van der Waals surface area contributed by atoms with E-state index in [-0.39, 0.29) is 17.9 Å². The normalized spacial score (nSPS) is 23.2. The molecule has 0 radical (unpaired) electrons. The molecule has 158 valence electrons. The summed E-state index contributed by atoms with van der Waals surface area (Å²) in [7, 11) is 2.10. The fourth-order valence-electron chi connectivity index (χ4n) is 4.25. The third kappa shape index (κ3) is 3.25. The van der Waals surface area contributed by atoms with E-state index < -0.39 is 5.54 Å². The summed E-state index contributed by atoms with van der Waals surface area (Å²) in [6, 6.07) is 4.11. The maximum atomic E-state index is 13.5. The van der Waals surface area contributed by atoms with E-state index in [0.717, 1.165) is 17.8 Å². The highest BCUT2D eigenvalue weighted by molar-refractivity contribution is 5.78. The van der Waals surface area contributed by atoms with Gasteiger partial charge in [0.2, 0.25) is 5.82 Å². The van der Waals surface area contributed by atoms with E-state index in [4.69, 9.17) is 5.26 Å². The van der Waals surface area contributed by atoms with E-state index in [2.05, 4.69) is 51.3 Å². The van der Waals surface area contributed by atoms with Crippen molar-refractivity contribution >= 4 is 17.7 Å². The standard InChI is InChI=1S/C20H27N9O/c1-12-10-28(13(2)9-27(12)5)19(30)29-11-14-17(20(29,3)4)25-26-18(14)24-15-6-7-22-16(8-21)23-15/h6-7,12-13H,9-11H2,1-5H3,(H2,22,23,24,25,26)/t12-,13+/m1/s1. The highest BCUT2D eigenvalue weighted by Gasteiger charge is 2.46. The Bertz CT molecular complexity index is 1010. The Morgan fingerprint density at radius 3 is 2.83 bits per heavy atom. The van der Waals surface area contributed by atoms with E-state index in [1.165, 1.54) is 6.20 Å². The van der Waals surface area contributed by atoms with Crippen LogP contribution in [0.4, 0.5) is 16.4 Å². The Morgan fingerprint density at radius 2 is 2.10 bits per heavy atom. The summed E-state index contributed by atoms with van der Waals surface area (Å²) in [4.78, 5) is 27.7. The van der Waals surface area contributed by atoms with Crippen molar-refractivity contribution in [2.24, 2.45) is 0 Å². The molecular weight excluding hydrogens is 382 g/mol. The molecule has 2 N–H and O–H groups in total. The van der Waals surface area contributed by atoms with Crippen molar-refractivity contribution in [2.45, 2.75) is 51.9 Å². The first-order chi connectivity index (χ1) is 14.2. The average Bonchev–Trinajstić information content (AvgIpc) is 3.22. The number of H-pyrrole nitrogens is 1. The number of hydrogen-bond acceptors (Lipinski definition) is 7. The van der Waals surface area contributed by atoms with Gasteiger partial charge >= 0.3 is 6.03 Å². The lowest BCUT2D eigenvalue weighted by Gasteiger charge is -2.45. The Labute approximate surface area is 175 Å². The molecule has 30 heavy (non-hydrogen) atoms. The molecule has 0 bridgehead atoms. The molecule has 1 fully saturated rings. The lowest BCUT2D eigenvalue weighted by molar-refractivity contribution is 0.0457. The summed E-state index contributed by atoms with van der Waals surface area (Å²) >= 11 is 0. The molecule has 2 aliphatic heterocycles. The molecule has 2 aliphatic rings. The van der Waals surface area contributed by atoms with Crippen molar-refractivity contribution < 1.29 is 4.79 Å². The molecule has 0 unspecified atom stereocenters. The van der Waals surface area contributed by atoms with Crippen LogP contribution in [0.2, 0.25) is 0 Å². The van der Waals surface area contributed by atoms with E-state index in [9.17, 15) is 4.79 Å². The van der Waals surface area contributed by atoms with Crippen LogP contribution < -0.4 is 5.32 Å². The summed E-state index contributed by atoms with van der Waals surface area (Å²) < 4.78 is 0. The minimum Gasteiger partial charge on any atom is -0.323 e. The zero-order chi connectivity index (χ0) is 21.6. The number of likely N-dealkylation sites (N-methyl/N-ethyl adjacent to an activating group) is 1. The smallest absolute Gasteiger partial charge is 0.321 e. The number of hydrogen-bond donors (Lipinski definition) is 2. The fraction of sp³-hybridized carbons (Fsp3) is 0.550. The molecule has 2 aromatic rings. The second-order valence-electron chi connectivity index (χ2n) is 8.65. The zero-order valence-corrected chi connectivity index (χ0v) is 18.0. The monoisotopic (exact) mass is 409 g/mol. The molecule has 0 aromatic carbocycles. The molecule has 10 nitrogen and oxygen atoms in total. The summed E-state index contributed by atoms with van der Waals surface area (Å²) in [6.45, 7) is 10.3. The third-order valence-corrected chi connectivity index (χ3v) is 6.25. The Balaban J connectivity index is 1.58.